The number of furan rings is 2. The topological polar surface area (TPSA) is 98.6 Å². The molecule has 0 radical (unpaired) electrons. The van der Waals surface area contributed by atoms with Crippen LogP contribution in [0.25, 0.3) is 223 Å². The van der Waals surface area contributed by atoms with Gasteiger partial charge in [0.05, 0.1) is 54.2 Å². The highest BCUT2D eigenvalue weighted by Crippen LogP contribution is 2.50. The Balaban J connectivity index is 0.000000111. The molecule has 0 amide bonds. The number of rotatable bonds is 5. The van der Waals surface area contributed by atoms with Crippen LogP contribution in [0.5, 0.6) is 0 Å². The highest BCUT2D eigenvalue weighted by Gasteiger charge is 2.28. The molecule has 0 atom stereocenters. The van der Waals surface area contributed by atoms with Gasteiger partial charge in [-0.15, -0.1) is 22.7 Å². The van der Waals surface area contributed by atoms with Crippen LogP contribution in [0.4, 0.5) is 0 Å². The Morgan fingerprint density at radius 2 is 0.794 bits per heavy atom. The Morgan fingerprint density at radius 3 is 1.37 bits per heavy atom. The summed E-state index contributed by atoms with van der Waals surface area (Å²) in [7, 11) is 0. The Morgan fingerprint density at radius 1 is 0.355 bits per heavy atom. The summed E-state index contributed by atoms with van der Waals surface area (Å²) in [5.41, 5.74) is 17.0. The van der Waals surface area contributed by atoms with Crippen molar-refractivity contribution in [3.8, 4) is 50.7 Å². The summed E-state index contributed by atoms with van der Waals surface area (Å²) in [6, 6.07) is 107. The van der Waals surface area contributed by atoms with Crippen LogP contribution in [0.2, 0.25) is 5.28 Å². The van der Waals surface area contributed by atoms with Crippen LogP contribution in [0.3, 0.4) is 0 Å². The van der Waals surface area contributed by atoms with Gasteiger partial charge in [-0.2, -0.15) is 9.97 Å². The van der Waals surface area contributed by atoms with E-state index in [1.807, 2.05) is 77.3 Å². The number of H-pyrrole nitrogens is 1. The summed E-state index contributed by atoms with van der Waals surface area (Å²) in [6.45, 7) is 0. The van der Waals surface area contributed by atoms with E-state index in [0.717, 1.165) is 82.7 Å². The number of aromatic nitrogens is 6. The molecule has 498 valence electrons. The van der Waals surface area contributed by atoms with Crippen molar-refractivity contribution in [2.45, 2.75) is 0 Å². The average molecular weight is 1420 g/mol. The minimum absolute atomic E-state index is 0.177. The molecule has 0 saturated carbocycles. The molecule has 24 rings (SSSR count). The van der Waals surface area contributed by atoms with E-state index in [9.17, 15) is 0 Å². The third kappa shape index (κ3) is 9.78. The first-order valence-electron chi connectivity index (χ1n) is 35.6. The van der Waals surface area contributed by atoms with E-state index >= 15 is 0 Å². The van der Waals surface area contributed by atoms with Gasteiger partial charge in [-0.05, 0) is 132 Å². The molecular weight excluding hydrogens is 1370 g/mol. The predicted octanol–water partition coefficient (Wildman–Crippen LogP) is 27.5. The molecule has 8 heterocycles. The van der Waals surface area contributed by atoms with E-state index in [1.54, 1.807) is 0 Å². The number of halogens is 1. The van der Waals surface area contributed by atoms with Gasteiger partial charge in [-0.25, -0.2) is 9.97 Å². The van der Waals surface area contributed by atoms with Crippen molar-refractivity contribution in [3.05, 3.63) is 332 Å². The molecule has 1 aliphatic rings. The van der Waals surface area contributed by atoms with Gasteiger partial charge < -0.3 is 8.83 Å². The van der Waals surface area contributed by atoms with E-state index < -0.39 is 0 Å². The normalized spacial score (nSPS) is 12.2. The minimum Gasteiger partial charge on any atom is -0.438 e. The van der Waals surface area contributed by atoms with Crippen molar-refractivity contribution in [1.82, 2.24) is 29.5 Å². The van der Waals surface area contributed by atoms with Crippen molar-refractivity contribution >= 4 is 207 Å². The van der Waals surface area contributed by atoms with E-state index in [0.29, 0.717) is 17.4 Å². The number of benzene rings is 15. The molecule has 1 N–H and O–H groups in total. The third-order valence-corrected chi connectivity index (χ3v) is 23.7. The maximum atomic E-state index is 6.57. The van der Waals surface area contributed by atoms with Gasteiger partial charge in [0.1, 0.15) is 28.9 Å². The Kier molecular flexibility index (Phi) is 13.9. The number of hydrogen-bond acceptors (Lipinski definition) is 8. The minimum atomic E-state index is 0.177. The number of fused-ring (bicyclic) bond motifs is 28. The van der Waals surface area contributed by atoms with Crippen LogP contribution < -0.4 is 0 Å². The number of thiophene rings is 2. The maximum Gasteiger partial charge on any atom is 0.238 e. The monoisotopic (exact) mass is 1420 g/mol. The fraction of sp³-hybridized carbons (Fsp3) is 0. The summed E-state index contributed by atoms with van der Waals surface area (Å²) in [5, 5.41) is 22.7. The van der Waals surface area contributed by atoms with Crippen molar-refractivity contribution < 1.29 is 8.83 Å². The molecule has 0 bridgehead atoms. The van der Waals surface area contributed by atoms with E-state index in [-0.39, 0.29) is 5.28 Å². The van der Waals surface area contributed by atoms with Crippen molar-refractivity contribution in [3.63, 3.8) is 0 Å². The van der Waals surface area contributed by atoms with Gasteiger partial charge in [0.25, 0.3) is 0 Å². The van der Waals surface area contributed by atoms with Gasteiger partial charge in [-0.1, -0.05) is 249 Å². The van der Waals surface area contributed by atoms with Crippen LogP contribution >= 0.6 is 34.3 Å². The third-order valence-electron chi connectivity index (χ3n) is 21.2. The Bertz CT molecular complexity index is 7730. The molecule has 0 unspecified atom stereocenters. The van der Waals surface area contributed by atoms with Crippen LogP contribution in [0.15, 0.2) is 318 Å². The van der Waals surface area contributed by atoms with Gasteiger partial charge in [-0.3, -0.25) is 9.55 Å². The molecule has 8 aromatic heterocycles. The van der Waals surface area contributed by atoms with Gasteiger partial charge in [0.15, 0.2) is 5.69 Å². The fourth-order valence-corrected chi connectivity index (χ4v) is 19.1. The summed E-state index contributed by atoms with van der Waals surface area (Å²) in [4.78, 5) is 23.3. The summed E-state index contributed by atoms with van der Waals surface area (Å²) >= 11 is 9.94. The quantitative estimate of drug-likeness (QED) is 0.136. The standard InChI is InChI=1S/C48H27N3OS.C26H15ClN2O.C22H12NS/c1-2-12-28(13-3-1)29-22-23-31-27-32(25-24-30(31)26-29)44-43-36-17-7-10-20-39(36)52-47(43)50-48(49-44)51-38-19-9-6-16-35(38)41-33-14-4-5-15-34(33)42-37-18-8-11-21-40(37)53-46(42)45(41)51;27-26-28-24(23-21-8-4-5-9-22(21)30-25(23)29-26)20-13-12-18-14-17(10-11-19(18)15-20)16-6-2-1-3-7-16;1-2-8-14-13(7-1)19-15-9-3-5-11-17(15)23-21(19)22-20(14)16-10-4-6-12-18(16)24-22/h1-27H;1-15H;1-4,6-12,23H/q;;+1. The number of hydrogen-bond donors (Lipinski definition) is 1. The van der Waals surface area contributed by atoms with Crippen molar-refractivity contribution in [2.75, 3.05) is 0 Å². The van der Waals surface area contributed by atoms with Gasteiger partial charge in [0, 0.05) is 75.1 Å². The van der Waals surface area contributed by atoms with Crippen LogP contribution in [-0.2, 0) is 0 Å². The molecule has 8 nitrogen and oxygen atoms in total. The number of aromatic amines is 1. The van der Waals surface area contributed by atoms with Gasteiger partial charge >= 0.3 is 0 Å². The number of nitrogens with one attached hydrogen (secondary N) is 1. The number of nitrogens with zero attached hydrogens (tertiary/aromatic N) is 5. The first-order chi connectivity index (χ1) is 53.0. The maximum absolute atomic E-state index is 6.57. The lowest BCUT2D eigenvalue weighted by atomic mass is 9.97. The lowest BCUT2D eigenvalue weighted by molar-refractivity contribution is 0.651. The molecule has 107 heavy (non-hydrogen) atoms. The predicted molar refractivity (Wildman–Crippen MR) is 451 cm³/mol. The molecule has 0 saturated heterocycles. The summed E-state index contributed by atoms with van der Waals surface area (Å²) in [5.74, 6) is 0.589. The van der Waals surface area contributed by atoms with Crippen molar-refractivity contribution in [1.29, 1.82) is 0 Å². The van der Waals surface area contributed by atoms with E-state index in [4.69, 9.17) is 30.4 Å². The summed E-state index contributed by atoms with van der Waals surface area (Å²) < 4.78 is 19.9. The zero-order valence-electron chi connectivity index (χ0n) is 56.8. The zero-order chi connectivity index (χ0) is 70.4. The molecule has 23 aromatic rings. The highest BCUT2D eigenvalue weighted by atomic mass is 35.5. The van der Waals surface area contributed by atoms with Crippen LogP contribution in [0.1, 0.15) is 11.3 Å². The zero-order valence-corrected chi connectivity index (χ0v) is 59.2. The molecule has 1 aliphatic carbocycles. The Hall–Kier alpha value is -13.4. The lowest BCUT2D eigenvalue weighted by Gasteiger charge is -2.12. The first kappa shape index (κ1) is 61.1. The average Bonchev–Trinajstić information content (AvgIpc) is 1.55. The summed E-state index contributed by atoms with van der Waals surface area (Å²) in [6.07, 6.45) is 9.40. The smallest absolute Gasteiger partial charge is 0.238 e. The molecule has 0 fully saturated rings. The second kappa shape index (κ2) is 24.3. The lowest BCUT2D eigenvalue weighted by Crippen LogP contribution is -2.03. The van der Waals surface area contributed by atoms with Crippen molar-refractivity contribution in [2.24, 2.45) is 0 Å². The molecule has 15 aromatic carbocycles. The van der Waals surface area contributed by atoms with E-state index in [1.165, 1.54) is 122 Å². The molecule has 0 spiro atoms. The highest BCUT2D eigenvalue weighted by molar-refractivity contribution is 7.27. The molecular formula is C96H54ClN6O2S2+. The fourth-order valence-electron chi connectivity index (χ4n) is 16.4. The Labute approximate surface area is 623 Å². The molecule has 0 aliphatic heterocycles. The van der Waals surface area contributed by atoms with Crippen LogP contribution in [0, 0.1) is 6.08 Å². The molecule has 11 heteroatoms. The first-order valence-corrected chi connectivity index (χ1v) is 37.6. The van der Waals surface area contributed by atoms with E-state index in [2.05, 4.69) is 293 Å². The number of para-hydroxylation sites is 3. The number of allylic oxidation sites excluding steroid dienone is 2. The SMILES string of the molecule is Clc1nc(-c2ccc3cc(-c4ccccc4)ccc3c2)c2c(n1)oc1ccccc12.[C+]1=Cc2[nH]c3c4sc5ccccc5c4c4ccccc4c3c2C=C1.c1ccc(-c2ccc3cc(-c4nc(-n5c6ccccc6c6c7ccccc7c7c8ccccc8sc7c65)nc5oc6ccccc6c45)ccc3c2)cc1. The van der Waals surface area contributed by atoms with Gasteiger partial charge in [0.2, 0.25) is 22.7 Å². The largest absolute Gasteiger partial charge is 0.438 e. The second-order valence-corrected chi connectivity index (χ2v) is 29.6. The second-order valence-electron chi connectivity index (χ2n) is 27.2. The van der Waals surface area contributed by atoms with Crippen LogP contribution in [-0.4, -0.2) is 29.5 Å².